The Morgan fingerprint density at radius 2 is 1.84 bits per heavy atom. The van der Waals surface area contributed by atoms with Crippen molar-refractivity contribution in [2.45, 2.75) is 64.9 Å². The first-order chi connectivity index (χ1) is 8.51. The lowest BCUT2D eigenvalue weighted by Crippen LogP contribution is -2.66. The van der Waals surface area contributed by atoms with Crippen molar-refractivity contribution >= 4 is 20.5 Å². The number of aldehydes is 1. The van der Waals surface area contributed by atoms with Gasteiger partial charge in [0.25, 0.3) is 0 Å². The zero-order valence-corrected chi connectivity index (χ0v) is 14.1. The van der Waals surface area contributed by atoms with E-state index >= 15 is 0 Å². The predicted octanol–water partition coefficient (Wildman–Crippen LogP) is 2.35. The van der Waals surface area contributed by atoms with Crippen LogP contribution < -0.4 is 5.32 Å². The van der Waals surface area contributed by atoms with Crippen LogP contribution in [-0.2, 0) is 14.0 Å². The summed E-state index contributed by atoms with van der Waals surface area (Å²) < 4.78 is 6.26. The molecule has 0 aromatic rings. The maximum Gasteiger partial charge on any atom is 0.228 e. The van der Waals surface area contributed by atoms with E-state index in [0.717, 1.165) is 6.29 Å². The van der Waals surface area contributed by atoms with Gasteiger partial charge in [0.2, 0.25) is 5.91 Å². The van der Waals surface area contributed by atoms with E-state index in [1.165, 1.54) is 0 Å². The molecule has 1 fully saturated rings. The molecule has 0 aromatic heterocycles. The largest absolute Gasteiger partial charge is 0.413 e. The number of rotatable bonds is 5. The summed E-state index contributed by atoms with van der Waals surface area (Å²) in [6.07, 6.45) is 0.762. The zero-order valence-electron chi connectivity index (χ0n) is 13.1. The molecule has 0 bridgehead atoms. The van der Waals surface area contributed by atoms with Gasteiger partial charge >= 0.3 is 0 Å². The molecule has 1 heterocycles. The molecule has 4 atom stereocenters. The minimum atomic E-state index is -1.89. The molecule has 0 radical (unpaired) electrons. The van der Waals surface area contributed by atoms with Crippen molar-refractivity contribution in [1.29, 1.82) is 0 Å². The van der Waals surface area contributed by atoms with E-state index in [-0.39, 0.29) is 34.9 Å². The molecule has 1 amide bonds. The molecule has 1 aliphatic heterocycles. The van der Waals surface area contributed by atoms with Crippen LogP contribution in [0.3, 0.4) is 0 Å². The highest BCUT2D eigenvalue weighted by Crippen LogP contribution is 2.39. The zero-order chi connectivity index (χ0) is 15.0. The fraction of sp³-hybridized carbons (Fsp3) is 0.857. The van der Waals surface area contributed by atoms with Crippen molar-refractivity contribution < 1.29 is 14.0 Å². The van der Waals surface area contributed by atoms with Crippen LogP contribution >= 0.6 is 0 Å². The average Bonchev–Trinajstić information content (AvgIpc) is 2.22. The molecule has 1 saturated heterocycles. The lowest BCUT2D eigenvalue weighted by molar-refractivity contribution is -0.142. The molecule has 0 saturated carbocycles. The van der Waals surface area contributed by atoms with Crippen LogP contribution in [-0.4, -0.2) is 32.7 Å². The number of hydrogen-bond acceptors (Lipinski definition) is 3. The number of carbonyl (C=O) groups excluding carboxylic acids is 2. The molecular weight excluding hydrogens is 258 g/mol. The molecule has 0 spiro atoms. The Balaban J connectivity index is 2.75. The molecule has 1 unspecified atom stereocenters. The van der Waals surface area contributed by atoms with Gasteiger partial charge in [0.15, 0.2) is 8.32 Å². The van der Waals surface area contributed by atoms with Gasteiger partial charge < -0.3 is 14.5 Å². The van der Waals surface area contributed by atoms with E-state index in [0.29, 0.717) is 0 Å². The predicted molar refractivity (Wildman–Crippen MR) is 78.4 cm³/mol. The lowest BCUT2D eigenvalue weighted by atomic mass is 9.79. The molecule has 0 aliphatic carbocycles. The SMILES string of the molecule is CC(C=O)[C@H]1NC(=O)[C@@H]1[C@@H](C)O[Si](C)(C)C(C)(C)C. The van der Waals surface area contributed by atoms with E-state index in [1.807, 2.05) is 13.8 Å². The minimum Gasteiger partial charge on any atom is -0.413 e. The quantitative estimate of drug-likeness (QED) is 0.479. The van der Waals surface area contributed by atoms with Crippen molar-refractivity contribution in [3.63, 3.8) is 0 Å². The van der Waals surface area contributed by atoms with Crippen LogP contribution in [0.4, 0.5) is 0 Å². The van der Waals surface area contributed by atoms with Crippen LogP contribution in [0, 0.1) is 11.8 Å². The summed E-state index contributed by atoms with van der Waals surface area (Å²) in [4.78, 5) is 22.6. The monoisotopic (exact) mass is 285 g/mol. The fourth-order valence-electron chi connectivity index (χ4n) is 2.18. The number of amides is 1. The molecular formula is C14H27NO3Si. The second kappa shape index (κ2) is 5.36. The van der Waals surface area contributed by atoms with Crippen molar-refractivity contribution in [1.82, 2.24) is 5.32 Å². The molecule has 5 heteroatoms. The van der Waals surface area contributed by atoms with Crippen LogP contribution in [0.5, 0.6) is 0 Å². The van der Waals surface area contributed by atoms with Crippen LogP contribution in [0.15, 0.2) is 0 Å². The Bertz CT molecular complexity index is 362. The van der Waals surface area contributed by atoms with E-state index in [2.05, 4.69) is 39.2 Å². The summed E-state index contributed by atoms with van der Waals surface area (Å²) in [7, 11) is -1.89. The van der Waals surface area contributed by atoms with E-state index in [4.69, 9.17) is 4.43 Å². The third-order valence-corrected chi connectivity index (χ3v) is 9.15. The van der Waals surface area contributed by atoms with E-state index in [9.17, 15) is 9.59 Å². The summed E-state index contributed by atoms with van der Waals surface area (Å²) in [5.41, 5.74) is 0. The fourth-order valence-corrected chi connectivity index (χ4v) is 3.61. The Morgan fingerprint density at radius 3 is 2.21 bits per heavy atom. The summed E-state index contributed by atoms with van der Waals surface area (Å²) in [5.74, 6) is -0.354. The highest BCUT2D eigenvalue weighted by Gasteiger charge is 2.48. The summed E-state index contributed by atoms with van der Waals surface area (Å²) >= 11 is 0. The van der Waals surface area contributed by atoms with Gasteiger partial charge in [-0.25, -0.2) is 0 Å². The van der Waals surface area contributed by atoms with Crippen LogP contribution in [0.25, 0.3) is 0 Å². The highest BCUT2D eigenvalue weighted by molar-refractivity contribution is 6.74. The first-order valence-corrected chi connectivity index (χ1v) is 9.85. The van der Waals surface area contributed by atoms with Gasteiger partial charge in [-0.1, -0.05) is 27.7 Å². The van der Waals surface area contributed by atoms with Gasteiger partial charge in [-0.3, -0.25) is 4.79 Å². The summed E-state index contributed by atoms with van der Waals surface area (Å²) in [5, 5.41) is 2.93. The Morgan fingerprint density at radius 1 is 1.32 bits per heavy atom. The normalized spacial score (nSPS) is 27.2. The van der Waals surface area contributed by atoms with Crippen LogP contribution in [0.1, 0.15) is 34.6 Å². The summed E-state index contributed by atoms with van der Waals surface area (Å²) in [6, 6.07) is -0.0789. The third kappa shape index (κ3) is 3.26. The maximum atomic E-state index is 11.7. The maximum absolute atomic E-state index is 11.7. The van der Waals surface area contributed by atoms with Gasteiger partial charge in [0, 0.05) is 5.92 Å². The average molecular weight is 285 g/mol. The van der Waals surface area contributed by atoms with Crippen molar-refractivity contribution in [2.24, 2.45) is 11.8 Å². The molecule has 1 N–H and O–H groups in total. The first kappa shape index (κ1) is 16.4. The Labute approximate surface area is 117 Å². The first-order valence-electron chi connectivity index (χ1n) is 6.95. The standard InChI is InChI=1S/C14H27NO3Si/c1-9(8-16)12-11(13(17)15-12)10(2)18-19(6,7)14(3,4)5/h8-12H,1-7H3,(H,15,17)/t9?,10-,11-,12-/m1/s1. The highest BCUT2D eigenvalue weighted by atomic mass is 28.4. The minimum absolute atomic E-state index is 0.00455. The Kier molecular flexibility index (Phi) is 4.62. The number of β-lactam (4-membered cyclic amide) rings is 1. The van der Waals surface area contributed by atoms with Gasteiger partial charge in [-0.05, 0) is 25.1 Å². The second-order valence-electron chi connectivity index (χ2n) is 7.14. The van der Waals surface area contributed by atoms with Gasteiger partial charge in [-0.15, -0.1) is 0 Å². The number of nitrogens with one attached hydrogen (secondary N) is 1. The van der Waals surface area contributed by atoms with Crippen molar-refractivity contribution in [3.05, 3.63) is 0 Å². The molecule has 19 heavy (non-hydrogen) atoms. The third-order valence-electron chi connectivity index (χ3n) is 4.57. The molecule has 1 rings (SSSR count). The Hall–Kier alpha value is -0.683. The van der Waals surface area contributed by atoms with Crippen molar-refractivity contribution in [3.8, 4) is 0 Å². The molecule has 110 valence electrons. The lowest BCUT2D eigenvalue weighted by Gasteiger charge is -2.46. The number of hydrogen-bond donors (Lipinski definition) is 1. The summed E-state index contributed by atoms with van der Waals surface area (Å²) in [6.45, 7) is 14.7. The smallest absolute Gasteiger partial charge is 0.228 e. The van der Waals surface area contributed by atoms with Gasteiger partial charge in [-0.2, -0.15) is 0 Å². The van der Waals surface area contributed by atoms with Crippen LogP contribution in [0.2, 0.25) is 18.1 Å². The van der Waals surface area contributed by atoms with Gasteiger partial charge in [0.1, 0.15) is 6.29 Å². The molecule has 1 aliphatic rings. The second-order valence-corrected chi connectivity index (χ2v) is 11.9. The van der Waals surface area contributed by atoms with Gasteiger partial charge in [0.05, 0.1) is 18.1 Å². The number of carbonyl (C=O) groups is 2. The van der Waals surface area contributed by atoms with Crippen molar-refractivity contribution in [2.75, 3.05) is 0 Å². The van der Waals surface area contributed by atoms with E-state index < -0.39 is 8.32 Å². The topological polar surface area (TPSA) is 55.4 Å². The molecule has 4 nitrogen and oxygen atoms in total. The molecule has 0 aromatic carbocycles. The van der Waals surface area contributed by atoms with E-state index in [1.54, 1.807) is 0 Å².